The third-order valence-electron chi connectivity index (χ3n) is 2.35. The van der Waals surface area contributed by atoms with Crippen LogP contribution in [0.15, 0.2) is 23.7 Å². The standard InChI is InChI=1S/C12H17BO4/c1-2-16-12(15)7-10(14)8-17-11-5-3-9(13)4-6-11/h3-5,11H,2,6-8,13H2,1H3. The Labute approximate surface area is 102 Å². The van der Waals surface area contributed by atoms with Crippen molar-refractivity contribution < 1.29 is 19.1 Å². The molecule has 1 aliphatic rings. The fourth-order valence-corrected chi connectivity index (χ4v) is 1.46. The predicted molar refractivity (Wildman–Crippen MR) is 66.4 cm³/mol. The number of hydrogen-bond acceptors (Lipinski definition) is 4. The molecule has 0 saturated heterocycles. The summed E-state index contributed by atoms with van der Waals surface area (Å²) < 4.78 is 10.1. The molecule has 17 heavy (non-hydrogen) atoms. The highest BCUT2D eigenvalue weighted by atomic mass is 16.5. The predicted octanol–water partition coefficient (Wildman–Crippen LogP) is 0.371. The van der Waals surface area contributed by atoms with Crippen LogP contribution in [0.1, 0.15) is 19.8 Å². The number of rotatable bonds is 6. The summed E-state index contributed by atoms with van der Waals surface area (Å²) in [6.07, 6.45) is 6.44. The Morgan fingerprint density at radius 3 is 2.88 bits per heavy atom. The second-order valence-corrected chi connectivity index (χ2v) is 3.91. The molecule has 4 nitrogen and oxygen atoms in total. The molecule has 0 fully saturated rings. The Morgan fingerprint density at radius 1 is 1.53 bits per heavy atom. The maximum atomic E-state index is 11.4. The molecule has 0 spiro atoms. The first-order valence-corrected chi connectivity index (χ1v) is 5.75. The number of allylic oxidation sites excluding steroid dienone is 2. The van der Waals surface area contributed by atoms with E-state index in [9.17, 15) is 9.59 Å². The van der Waals surface area contributed by atoms with Crippen LogP contribution < -0.4 is 0 Å². The lowest BCUT2D eigenvalue weighted by Crippen LogP contribution is -2.20. The molecule has 1 unspecified atom stereocenters. The van der Waals surface area contributed by atoms with Gasteiger partial charge >= 0.3 is 5.97 Å². The number of hydrogen-bond donors (Lipinski definition) is 0. The molecule has 0 aliphatic heterocycles. The summed E-state index contributed by atoms with van der Waals surface area (Å²) in [5, 5.41) is 0. The van der Waals surface area contributed by atoms with Gasteiger partial charge in [0.05, 0.1) is 12.7 Å². The molecule has 0 heterocycles. The van der Waals surface area contributed by atoms with Gasteiger partial charge in [0, 0.05) is 0 Å². The summed E-state index contributed by atoms with van der Waals surface area (Å²) in [6, 6.07) is 0. The van der Waals surface area contributed by atoms with E-state index in [2.05, 4.69) is 10.8 Å². The fraction of sp³-hybridized carbons (Fsp3) is 0.500. The van der Waals surface area contributed by atoms with Gasteiger partial charge in [0.1, 0.15) is 20.9 Å². The average molecular weight is 236 g/mol. The highest BCUT2D eigenvalue weighted by Gasteiger charge is 2.13. The van der Waals surface area contributed by atoms with Crippen molar-refractivity contribution in [3.63, 3.8) is 0 Å². The molecule has 1 rings (SSSR count). The van der Waals surface area contributed by atoms with Crippen molar-refractivity contribution in [3.8, 4) is 0 Å². The zero-order valence-electron chi connectivity index (χ0n) is 10.3. The van der Waals surface area contributed by atoms with E-state index in [1.54, 1.807) is 6.92 Å². The normalized spacial score (nSPS) is 18.6. The number of ketones is 1. The summed E-state index contributed by atoms with van der Waals surface area (Å²) in [5.74, 6) is -0.737. The summed E-state index contributed by atoms with van der Waals surface area (Å²) in [7, 11) is 2.01. The lowest BCUT2D eigenvalue weighted by Gasteiger charge is -2.15. The monoisotopic (exact) mass is 236 g/mol. The van der Waals surface area contributed by atoms with E-state index >= 15 is 0 Å². The Bertz CT molecular complexity index is 346. The minimum atomic E-state index is -0.490. The average Bonchev–Trinajstić information content (AvgIpc) is 2.28. The van der Waals surface area contributed by atoms with Crippen LogP contribution in [-0.4, -0.2) is 38.9 Å². The molecular formula is C12H17BO4. The van der Waals surface area contributed by atoms with Gasteiger partial charge in [0.15, 0.2) is 5.78 Å². The Hall–Kier alpha value is -1.36. The first-order valence-electron chi connectivity index (χ1n) is 5.75. The van der Waals surface area contributed by atoms with Gasteiger partial charge in [-0.25, -0.2) is 0 Å². The molecule has 0 amide bonds. The first kappa shape index (κ1) is 13.7. The van der Waals surface area contributed by atoms with Crippen molar-refractivity contribution in [3.05, 3.63) is 23.7 Å². The summed E-state index contributed by atoms with van der Waals surface area (Å²) in [6.45, 7) is 1.96. The van der Waals surface area contributed by atoms with Crippen molar-refractivity contribution in [2.75, 3.05) is 13.2 Å². The summed E-state index contributed by atoms with van der Waals surface area (Å²) in [5.41, 5.74) is 1.20. The molecule has 0 aromatic rings. The Balaban J connectivity index is 2.21. The van der Waals surface area contributed by atoms with Crippen LogP contribution in [0.25, 0.3) is 0 Å². The molecule has 92 valence electrons. The minimum absolute atomic E-state index is 0.0410. The maximum absolute atomic E-state index is 11.4. The van der Waals surface area contributed by atoms with E-state index in [1.165, 1.54) is 5.47 Å². The van der Waals surface area contributed by atoms with E-state index < -0.39 is 5.97 Å². The van der Waals surface area contributed by atoms with Crippen LogP contribution in [0, 0.1) is 0 Å². The van der Waals surface area contributed by atoms with Crippen LogP contribution in [0.2, 0.25) is 0 Å². The number of carbonyl (C=O) groups is 2. The second kappa shape index (κ2) is 7.07. The van der Waals surface area contributed by atoms with Gasteiger partial charge in [-0.3, -0.25) is 9.59 Å². The third kappa shape index (κ3) is 5.49. The van der Waals surface area contributed by atoms with Crippen LogP contribution in [0.4, 0.5) is 0 Å². The minimum Gasteiger partial charge on any atom is -0.466 e. The van der Waals surface area contributed by atoms with Crippen LogP contribution >= 0.6 is 0 Å². The number of esters is 1. The second-order valence-electron chi connectivity index (χ2n) is 3.91. The van der Waals surface area contributed by atoms with Gasteiger partial charge < -0.3 is 9.47 Å². The molecule has 0 aromatic heterocycles. The van der Waals surface area contributed by atoms with Crippen molar-refractivity contribution in [2.24, 2.45) is 0 Å². The molecule has 1 aliphatic carbocycles. The van der Waals surface area contributed by atoms with Gasteiger partial charge in [0.25, 0.3) is 0 Å². The smallest absolute Gasteiger partial charge is 0.313 e. The Morgan fingerprint density at radius 2 is 2.29 bits per heavy atom. The lowest BCUT2D eigenvalue weighted by molar-refractivity contribution is -0.146. The molecule has 1 atom stereocenters. The number of carbonyl (C=O) groups excluding carboxylic acids is 2. The van der Waals surface area contributed by atoms with E-state index in [0.717, 1.165) is 6.42 Å². The van der Waals surface area contributed by atoms with Crippen molar-refractivity contribution in [1.29, 1.82) is 0 Å². The quantitative estimate of drug-likeness (QED) is 0.380. The lowest BCUT2D eigenvalue weighted by atomic mass is 9.90. The topological polar surface area (TPSA) is 52.6 Å². The van der Waals surface area contributed by atoms with Gasteiger partial charge in [0.2, 0.25) is 0 Å². The third-order valence-corrected chi connectivity index (χ3v) is 2.35. The Kier molecular flexibility index (Phi) is 5.70. The fourth-order valence-electron chi connectivity index (χ4n) is 1.46. The molecule has 0 N–H and O–H groups in total. The van der Waals surface area contributed by atoms with Crippen LogP contribution in [0.5, 0.6) is 0 Å². The van der Waals surface area contributed by atoms with Crippen molar-refractivity contribution in [2.45, 2.75) is 25.9 Å². The van der Waals surface area contributed by atoms with E-state index in [0.29, 0.717) is 6.61 Å². The van der Waals surface area contributed by atoms with Crippen molar-refractivity contribution >= 4 is 19.6 Å². The zero-order chi connectivity index (χ0) is 12.7. The van der Waals surface area contributed by atoms with Gasteiger partial charge in [-0.15, -0.1) is 0 Å². The molecule has 5 heteroatoms. The highest BCUT2D eigenvalue weighted by molar-refractivity contribution is 6.23. The largest absolute Gasteiger partial charge is 0.466 e. The van der Waals surface area contributed by atoms with E-state index in [1.807, 2.05) is 20.0 Å². The van der Waals surface area contributed by atoms with E-state index in [-0.39, 0.29) is 24.9 Å². The highest BCUT2D eigenvalue weighted by Crippen LogP contribution is 2.11. The zero-order valence-corrected chi connectivity index (χ0v) is 10.3. The van der Waals surface area contributed by atoms with Crippen LogP contribution in [0.3, 0.4) is 0 Å². The molecule has 0 radical (unpaired) electrons. The van der Waals surface area contributed by atoms with Gasteiger partial charge in [-0.1, -0.05) is 23.7 Å². The summed E-state index contributed by atoms with van der Waals surface area (Å²) >= 11 is 0. The molecule has 0 bridgehead atoms. The van der Waals surface area contributed by atoms with Crippen LogP contribution in [-0.2, 0) is 19.1 Å². The van der Waals surface area contributed by atoms with Crippen molar-refractivity contribution in [1.82, 2.24) is 0 Å². The number of ether oxygens (including phenoxy) is 2. The first-order chi connectivity index (χ1) is 8.11. The molecule has 0 saturated carbocycles. The molecular weight excluding hydrogens is 219 g/mol. The van der Waals surface area contributed by atoms with E-state index in [4.69, 9.17) is 4.74 Å². The van der Waals surface area contributed by atoms with Gasteiger partial charge in [-0.05, 0) is 13.3 Å². The molecule has 0 aromatic carbocycles. The summed E-state index contributed by atoms with van der Waals surface area (Å²) in [4.78, 5) is 22.4. The SMILES string of the molecule is BC1=CCC(OCC(=O)CC(=O)OCC)C=C1. The van der Waals surface area contributed by atoms with Gasteiger partial charge in [-0.2, -0.15) is 0 Å². The number of Topliss-reactive ketones (excluding diaryl/α,β-unsaturated/α-hetero) is 1. The maximum Gasteiger partial charge on any atom is 0.313 e.